The Morgan fingerprint density at radius 1 is 1.35 bits per heavy atom. The van der Waals surface area contributed by atoms with Crippen LogP contribution in [0.15, 0.2) is 29.1 Å². The highest BCUT2D eigenvalue weighted by Gasteiger charge is 2.12. The van der Waals surface area contributed by atoms with Crippen molar-refractivity contribution >= 4 is 17.6 Å². The molecular formula is C14H13ClN2O3. The Kier molecular flexibility index (Phi) is 3.90. The number of hydrogen-bond acceptors (Lipinski definition) is 3. The van der Waals surface area contributed by atoms with Crippen LogP contribution in [0, 0.1) is 13.8 Å². The molecule has 104 valence electrons. The Morgan fingerprint density at radius 2 is 2.05 bits per heavy atom. The molecule has 1 N–H and O–H groups in total. The number of aliphatic carboxylic acids is 1. The molecule has 0 fully saturated rings. The van der Waals surface area contributed by atoms with Crippen LogP contribution in [0.1, 0.15) is 17.0 Å². The van der Waals surface area contributed by atoms with E-state index in [1.165, 1.54) is 6.07 Å². The number of nitrogens with zero attached hydrogens (tertiary/aromatic N) is 2. The van der Waals surface area contributed by atoms with E-state index in [0.29, 0.717) is 10.7 Å². The van der Waals surface area contributed by atoms with Gasteiger partial charge in [0, 0.05) is 16.8 Å². The number of carboxylic acid groups (broad SMARTS) is 1. The molecular weight excluding hydrogens is 280 g/mol. The largest absolute Gasteiger partial charge is 0.481 e. The van der Waals surface area contributed by atoms with Crippen molar-refractivity contribution in [3.8, 4) is 5.69 Å². The first-order valence-electron chi connectivity index (χ1n) is 5.96. The SMILES string of the molecule is Cc1cc(Cl)ccc1-n1nc(CC(=O)O)c(=O)cc1C. The van der Waals surface area contributed by atoms with Crippen LogP contribution in [0.25, 0.3) is 5.69 Å². The van der Waals surface area contributed by atoms with Gasteiger partial charge in [0.1, 0.15) is 5.69 Å². The van der Waals surface area contributed by atoms with Gasteiger partial charge in [-0.25, -0.2) is 4.68 Å². The zero-order chi connectivity index (χ0) is 14.9. The normalized spacial score (nSPS) is 10.6. The van der Waals surface area contributed by atoms with Crippen LogP contribution in [0.3, 0.4) is 0 Å². The third-order valence-corrected chi connectivity index (χ3v) is 3.12. The number of carbonyl (C=O) groups is 1. The Balaban J connectivity index is 2.61. The minimum atomic E-state index is -1.09. The second kappa shape index (κ2) is 5.46. The second-order valence-electron chi connectivity index (χ2n) is 4.51. The minimum Gasteiger partial charge on any atom is -0.481 e. The molecule has 0 aliphatic carbocycles. The van der Waals surface area contributed by atoms with Gasteiger partial charge in [-0.05, 0) is 37.6 Å². The number of halogens is 1. The van der Waals surface area contributed by atoms with Gasteiger partial charge in [-0.3, -0.25) is 9.59 Å². The lowest BCUT2D eigenvalue weighted by molar-refractivity contribution is -0.136. The first kappa shape index (κ1) is 14.3. The van der Waals surface area contributed by atoms with Crippen molar-refractivity contribution in [2.24, 2.45) is 0 Å². The summed E-state index contributed by atoms with van der Waals surface area (Å²) in [5, 5.41) is 13.6. The fourth-order valence-corrected chi connectivity index (χ4v) is 2.18. The van der Waals surface area contributed by atoms with Crippen molar-refractivity contribution in [3.05, 3.63) is 56.5 Å². The summed E-state index contributed by atoms with van der Waals surface area (Å²) in [6, 6.07) is 6.68. The van der Waals surface area contributed by atoms with Crippen LogP contribution in [0.5, 0.6) is 0 Å². The van der Waals surface area contributed by atoms with Crippen molar-refractivity contribution in [2.75, 3.05) is 0 Å². The van der Waals surface area contributed by atoms with E-state index in [-0.39, 0.29) is 11.1 Å². The van der Waals surface area contributed by atoms with Crippen LogP contribution in [-0.4, -0.2) is 20.9 Å². The molecule has 0 unspecified atom stereocenters. The highest BCUT2D eigenvalue weighted by Crippen LogP contribution is 2.19. The molecule has 2 aromatic rings. The average molecular weight is 293 g/mol. The predicted octanol–water partition coefficient (Wildman–Crippen LogP) is 2.13. The lowest BCUT2D eigenvalue weighted by Gasteiger charge is -2.13. The van der Waals surface area contributed by atoms with Crippen LogP contribution < -0.4 is 5.43 Å². The van der Waals surface area contributed by atoms with Gasteiger partial charge in [0.15, 0.2) is 0 Å². The van der Waals surface area contributed by atoms with Gasteiger partial charge in [0.2, 0.25) is 5.43 Å². The number of carboxylic acids is 1. The third-order valence-electron chi connectivity index (χ3n) is 2.88. The molecule has 5 nitrogen and oxygen atoms in total. The summed E-state index contributed by atoms with van der Waals surface area (Å²) < 4.78 is 1.56. The Bertz CT molecular complexity index is 738. The highest BCUT2D eigenvalue weighted by atomic mass is 35.5. The maximum absolute atomic E-state index is 11.7. The fraction of sp³-hybridized carbons (Fsp3) is 0.214. The number of aryl methyl sites for hydroxylation is 2. The van der Waals surface area contributed by atoms with Crippen molar-refractivity contribution in [2.45, 2.75) is 20.3 Å². The number of aromatic nitrogens is 2. The zero-order valence-electron chi connectivity index (χ0n) is 11.1. The van der Waals surface area contributed by atoms with E-state index >= 15 is 0 Å². The summed E-state index contributed by atoms with van der Waals surface area (Å²) in [5.74, 6) is -1.09. The second-order valence-corrected chi connectivity index (χ2v) is 4.95. The Labute approximate surface area is 120 Å². The van der Waals surface area contributed by atoms with Crippen molar-refractivity contribution in [1.29, 1.82) is 0 Å². The van der Waals surface area contributed by atoms with Gasteiger partial charge in [-0.2, -0.15) is 5.10 Å². The molecule has 0 bridgehead atoms. The van der Waals surface area contributed by atoms with Crippen molar-refractivity contribution < 1.29 is 9.90 Å². The maximum Gasteiger partial charge on any atom is 0.309 e. The fourth-order valence-electron chi connectivity index (χ4n) is 1.95. The molecule has 0 saturated carbocycles. The van der Waals surface area contributed by atoms with E-state index in [2.05, 4.69) is 5.10 Å². The molecule has 2 rings (SSSR count). The third kappa shape index (κ3) is 2.88. The predicted molar refractivity (Wildman–Crippen MR) is 75.7 cm³/mol. The van der Waals surface area contributed by atoms with E-state index in [1.807, 2.05) is 6.92 Å². The van der Waals surface area contributed by atoms with E-state index in [4.69, 9.17) is 16.7 Å². The molecule has 1 aromatic heterocycles. The van der Waals surface area contributed by atoms with E-state index in [0.717, 1.165) is 11.3 Å². The minimum absolute atomic E-state index is 0.0115. The van der Waals surface area contributed by atoms with Gasteiger partial charge in [0.05, 0.1) is 12.1 Å². The molecule has 0 atom stereocenters. The average Bonchev–Trinajstić information content (AvgIpc) is 2.33. The van der Waals surface area contributed by atoms with E-state index < -0.39 is 12.4 Å². The molecule has 0 spiro atoms. The lowest BCUT2D eigenvalue weighted by Crippen LogP contribution is -2.21. The quantitative estimate of drug-likeness (QED) is 0.940. The molecule has 0 aliphatic rings. The summed E-state index contributed by atoms with van der Waals surface area (Å²) in [6.07, 6.45) is -0.397. The highest BCUT2D eigenvalue weighted by molar-refractivity contribution is 6.30. The zero-order valence-corrected chi connectivity index (χ0v) is 11.8. The number of benzene rings is 1. The molecule has 0 radical (unpaired) electrons. The van der Waals surface area contributed by atoms with Crippen LogP contribution in [0.4, 0.5) is 0 Å². The van der Waals surface area contributed by atoms with Gasteiger partial charge < -0.3 is 5.11 Å². The van der Waals surface area contributed by atoms with Gasteiger partial charge >= 0.3 is 5.97 Å². The summed E-state index contributed by atoms with van der Waals surface area (Å²) in [5.41, 5.74) is 1.93. The van der Waals surface area contributed by atoms with E-state index in [9.17, 15) is 9.59 Å². The van der Waals surface area contributed by atoms with E-state index in [1.54, 1.807) is 29.8 Å². The molecule has 0 aliphatic heterocycles. The van der Waals surface area contributed by atoms with Gasteiger partial charge in [-0.1, -0.05) is 11.6 Å². The monoisotopic (exact) mass is 292 g/mol. The molecule has 0 amide bonds. The standard InChI is InChI=1S/C14H13ClN2O3/c1-8-5-10(15)3-4-12(8)17-9(2)6-13(18)11(16-17)7-14(19)20/h3-6H,7H2,1-2H3,(H,19,20). The molecule has 1 aromatic carbocycles. The lowest BCUT2D eigenvalue weighted by atomic mass is 10.2. The maximum atomic E-state index is 11.7. The van der Waals surface area contributed by atoms with Crippen LogP contribution >= 0.6 is 11.6 Å². The summed E-state index contributed by atoms with van der Waals surface area (Å²) >= 11 is 5.91. The van der Waals surface area contributed by atoms with Crippen LogP contribution in [-0.2, 0) is 11.2 Å². The molecule has 1 heterocycles. The first-order valence-corrected chi connectivity index (χ1v) is 6.34. The van der Waals surface area contributed by atoms with Crippen LogP contribution in [0.2, 0.25) is 5.02 Å². The summed E-state index contributed by atoms with van der Waals surface area (Å²) in [6.45, 7) is 3.62. The van der Waals surface area contributed by atoms with Gasteiger partial charge in [-0.15, -0.1) is 0 Å². The first-order chi connectivity index (χ1) is 9.38. The molecule has 6 heteroatoms. The molecule has 0 saturated heterocycles. The number of rotatable bonds is 3. The van der Waals surface area contributed by atoms with Gasteiger partial charge in [0.25, 0.3) is 0 Å². The number of hydrogen-bond donors (Lipinski definition) is 1. The topological polar surface area (TPSA) is 72.2 Å². The summed E-state index contributed by atoms with van der Waals surface area (Å²) in [7, 11) is 0. The van der Waals surface area contributed by atoms with Crippen molar-refractivity contribution in [1.82, 2.24) is 9.78 Å². The molecule has 20 heavy (non-hydrogen) atoms. The Morgan fingerprint density at radius 3 is 2.65 bits per heavy atom. The smallest absolute Gasteiger partial charge is 0.309 e. The summed E-state index contributed by atoms with van der Waals surface area (Å²) in [4.78, 5) is 22.5. The Hall–Kier alpha value is -2.14. The van der Waals surface area contributed by atoms with Crippen molar-refractivity contribution in [3.63, 3.8) is 0 Å².